The fraction of sp³-hybridized carbons (Fsp3) is 0. The number of rotatable bonds is 3. The summed E-state index contributed by atoms with van der Waals surface area (Å²) in [5, 5.41) is 14.5. The third-order valence-corrected chi connectivity index (χ3v) is 6.53. The van der Waals surface area contributed by atoms with E-state index in [-0.39, 0.29) is 0 Å². The minimum absolute atomic E-state index is 0.984. The summed E-state index contributed by atoms with van der Waals surface area (Å²) >= 11 is 2.65. The molecule has 0 saturated carbocycles. The molecular weight excluding hydrogens is 373 g/mol. The lowest BCUT2D eigenvalue weighted by Crippen LogP contribution is -2.25. The van der Waals surface area contributed by atoms with E-state index in [9.17, 15) is 5.16 Å². The second kappa shape index (κ2) is 8.50. The predicted octanol–water partition coefficient (Wildman–Crippen LogP) is 2.68. The Hall–Kier alpha value is -1.85. The van der Waals surface area contributed by atoms with Crippen LogP contribution in [0.15, 0.2) is 91.0 Å². The third kappa shape index (κ3) is 5.58. The lowest BCUT2D eigenvalue weighted by molar-refractivity contribution is 0.503. The summed E-state index contributed by atoms with van der Waals surface area (Å²) in [6.07, 6.45) is 0. The number of nitrogens with zero attached hydrogens (tertiary/aromatic N) is 1. The van der Waals surface area contributed by atoms with Crippen molar-refractivity contribution in [1.29, 1.82) is 0 Å². The standard InChI is InChI=1S/C18H15NP.H2O3S2/c19-20(16-10-4-1-5-11-16,17-12-6-2-7-13-17)18-14-8-3-9-15-18;1-5(2,3)4/h1-15H;(H2,1,2,3,4). The Kier molecular flexibility index (Phi) is 6.62. The fourth-order valence-electron chi connectivity index (χ4n) is 2.38. The SMILES string of the molecule is O=S(=O)(O)S.[N]=P(c1ccccc1)(c1ccccc1)c1ccccc1. The molecule has 0 spiro atoms. The van der Waals surface area contributed by atoms with Gasteiger partial charge in [-0.2, -0.15) is 13.6 Å². The Labute approximate surface area is 153 Å². The van der Waals surface area contributed by atoms with E-state index in [0.29, 0.717) is 0 Å². The van der Waals surface area contributed by atoms with Gasteiger partial charge in [0.05, 0.1) is 7.05 Å². The molecule has 0 aliphatic rings. The Balaban J connectivity index is 0.000000399. The summed E-state index contributed by atoms with van der Waals surface area (Å²) in [6.45, 7) is 0. The van der Waals surface area contributed by atoms with Crippen molar-refractivity contribution < 1.29 is 13.0 Å². The van der Waals surface area contributed by atoms with Crippen LogP contribution in [0.4, 0.5) is 0 Å². The predicted molar refractivity (Wildman–Crippen MR) is 108 cm³/mol. The molecule has 0 bridgehead atoms. The van der Waals surface area contributed by atoms with E-state index in [0.717, 1.165) is 15.9 Å². The molecular formula is C18H17NO3PS2. The molecule has 0 fully saturated rings. The molecule has 0 atom stereocenters. The number of hydrogen-bond donors (Lipinski definition) is 2. The van der Waals surface area contributed by atoms with Crippen molar-refractivity contribution in [3.05, 3.63) is 91.0 Å². The Bertz CT molecular complexity index is 836. The van der Waals surface area contributed by atoms with Crippen LogP contribution in [-0.2, 0) is 9.15 Å². The van der Waals surface area contributed by atoms with Crippen molar-refractivity contribution in [3.63, 3.8) is 0 Å². The zero-order valence-corrected chi connectivity index (χ0v) is 15.8. The number of benzene rings is 3. The second-order valence-electron chi connectivity index (χ2n) is 5.09. The molecule has 0 unspecified atom stereocenters. The van der Waals surface area contributed by atoms with Crippen LogP contribution < -0.4 is 21.1 Å². The van der Waals surface area contributed by atoms with E-state index in [1.54, 1.807) is 0 Å². The van der Waals surface area contributed by atoms with E-state index in [2.05, 4.69) is 11.7 Å². The van der Waals surface area contributed by atoms with Gasteiger partial charge < -0.3 is 0 Å². The van der Waals surface area contributed by atoms with Crippen molar-refractivity contribution in [2.75, 3.05) is 0 Å². The number of hydrogen-bond acceptors (Lipinski definition) is 2. The largest absolute Gasteiger partial charge is 0.316 e. The van der Waals surface area contributed by atoms with E-state index in [1.165, 1.54) is 0 Å². The van der Waals surface area contributed by atoms with Gasteiger partial charge in [0, 0.05) is 15.9 Å². The molecule has 0 aromatic heterocycles. The molecule has 0 aliphatic carbocycles. The van der Waals surface area contributed by atoms with Gasteiger partial charge in [-0.3, -0.25) is 4.55 Å². The van der Waals surface area contributed by atoms with Gasteiger partial charge >= 0.3 is 9.15 Å². The average molecular weight is 390 g/mol. The van der Waals surface area contributed by atoms with Gasteiger partial charge in [0.15, 0.2) is 0 Å². The molecule has 4 nitrogen and oxygen atoms in total. The average Bonchev–Trinajstić information content (AvgIpc) is 2.62. The third-order valence-electron chi connectivity index (χ3n) is 3.39. The van der Waals surface area contributed by atoms with E-state index in [1.807, 2.05) is 91.0 Å². The highest BCUT2D eigenvalue weighted by Crippen LogP contribution is 2.40. The quantitative estimate of drug-likeness (QED) is 0.312. The van der Waals surface area contributed by atoms with Crippen LogP contribution in [0.3, 0.4) is 0 Å². The van der Waals surface area contributed by atoms with Crippen molar-refractivity contribution in [2.24, 2.45) is 0 Å². The molecule has 0 amide bonds. The first-order chi connectivity index (χ1) is 11.8. The monoisotopic (exact) mass is 390 g/mol. The van der Waals surface area contributed by atoms with E-state index in [4.69, 9.17) is 13.0 Å². The van der Waals surface area contributed by atoms with Crippen LogP contribution in [0.25, 0.3) is 0 Å². The van der Waals surface area contributed by atoms with Crippen molar-refractivity contribution >= 4 is 43.8 Å². The van der Waals surface area contributed by atoms with E-state index < -0.39 is 16.2 Å². The molecule has 1 N–H and O–H groups in total. The zero-order chi connectivity index (χ0) is 18.3. The van der Waals surface area contributed by atoms with Gasteiger partial charge in [0.25, 0.3) is 0 Å². The summed E-state index contributed by atoms with van der Waals surface area (Å²) in [6, 6.07) is 29.8. The lowest BCUT2D eigenvalue weighted by atomic mass is 10.4. The van der Waals surface area contributed by atoms with Crippen LogP contribution in [0.5, 0.6) is 0 Å². The van der Waals surface area contributed by atoms with Gasteiger partial charge in [-0.15, -0.1) is 0 Å². The van der Waals surface area contributed by atoms with Crippen molar-refractivity contribution in [3.8, 4) is 0 Å². The van der Waals surface area contributed by atoms with Crippen molar-refractivity contribution in [2.45, 2.75) is 0 Å². The first-order valence-electron chi connectivity index (χ1n) is 7.30. The molecule has 3 aromatic carbocycles. The van der Waals surface area contributed by atoms with Gasteiger partial charge in [0.2, 0.25) is 0 Å². The molecule has 25 heavy (non-hydrogen) atoms. The Morgan fingerprint density at radius 2 is 0.880 bits per heavy atom. The summed E-state index contributed by atoms with van der Waals surface area (Å²) in [5.74, 6) is 0. The first-order valence-corrected chi connectivity index (χ1v) is 11.5. The molecule has 0 heterocycles. The van der Waals surface area contributed by atoms with Crippen LogP contribution in [0, 0.1) is 0 Å². The van der Waals surface area contributed by atoms with Gasteiger partial charge in [-0.1, -0.05) is 91.0 Å². The minimum Gasteiger partial charge on any atom is -0.277 e. The van der Waals surface area contributed by atoms with Crippen molar-refractivity contribution in [1.82, 2.24) is 5.16 Å². The second-order valence-corrected chi connectivity index (χ2v) is 10.2. The summed E-state index contributed by atoms with van der Waals surface area (Å²) in [4.78, 5) is 0. The topological polar surface area (TPSA) is 76.7 Å². The maximum atomic E-state index is 11.5. The zero-order valence-electron chi connectivity index (χ0n) is 13.2. The Morgan fingerprint density at radius 1 is 0.680 bits per heavy atom. The maximum Gasteiger partial charge on any atom is 0.316 e. The molecule has 3 rings (SSSR count). The highest BCUT2D eigenvalue weighted by Gasteiger charge is 2.25. The summed E-state index contributed by atoms with van der Waals surface area (Å²) in [7, 11) is -6.50. The minimum atomic E-state index is -3.97. The smallest absolute Gasteiger partial charge is 0.277 e. The fourth-order valence-corrected chi connectivity index (χ4v) is 5.08. The summed E-state index contributed by atoms with van der Waals surface area (Å²) < 4.78 is 25.5. The molecule has 129 valence electrons. The van der Waals surface area contributed by atoms with Crippen LogP contribution in [0.2, 0.25) is 0 Å². The van der Waals surface area contributed by atoms with Gasteiger partial charge in [-0.25, -0.2) is 0 Å². The van der Waals surface area contributed by atoms with Gasteiger partial charge in [0.1, 0.15) is 0 Å². The molecule has 0 aliphatic heterocycles. The highest BCUT2D eigenvalue weighted by atomic mass is 33.1. The Morgan fingerprint density at radius 3 is 1.08 bits per heavy atom. The normalized spacial score (nSPS) is 11.3. The molecule has 0 saturated heterocycles. The highest BCUT2D eigenvalue weighted by molar-refractivity contribution is 8.61. The van der Waals surface area contributed by atoms with Crippen LogP contribution in [0.1, 0.15) is 0 Å². The lowest BCUT2D eigenvalue weighted by Gasteiger charge is -2.22. The molecule has 7 heteroatoms. The van der Waals surface area contributed by atoms with E-state index >= 15 is 0 Å². The van der Waals surface area contributed by atoms with Gasteiger partial charge in [-0.05, 0) is 11.7 Å². The maximum absolute atomic E-state index is 11.5. The number of thiol groups is 1. The molecule has 3 aromatic rings. The van der Waals surface area contributed by atoms with Crippen LogP contribution in [-0.4, -0.2) is 13.0 Å². The summed E-state index contributed by atoms with van der Waals surface area (Å²) in [5.41, 5.74) is 0. The van der Waals surface area contributed by atoms with Crippen LogP contribution >= 0.6 is 18.7 Å². The molecule has 1 radical (unpaired) electrons. The first kappa shape index (κ1) is 19.5.